The maximum absolute atomic E-state index is 13.7. The Kier molecular flexibility index (Phi) is 8.54. The molecule has 126 valence electrons. The monoisotopic (exact) mass is 447 g/mol. The maximum Gasteiger partial charge on any atom is 0.192 e. The second-order valence-corrected chi connectivity index (χ2v) is 5.98. The van der Waals surface area contributed by atoms with Crippen molar-refractivity contribution in [2.24, 2.45) is 4.99 Å². The van der Waals surface area contributed by atoms with Gasteiger partial charge in [-0.25, -0.2) is 9.38 Å². The third-order valence-corrected chi connectivity index (χ3v) is 4.13. The molecule has 0 saturated heterocycles. The van der Waals surface area contributed by atoms with E-state index in [1.54, 1.807) is 30.4 Å². The van der Waals surface area contributed by atoms with E-state index < -0.39 is 0 Å². The minimum Gasteiger partial charge on any atom is -0.357 e. The standard InChI is InChI=1S/C17H22FN3S.HI/c1-4-19-17(20-10-14-7-8-22-11-14)21-13(3)15-6-5-12(2)16(18)9-15;/h5-9,11,13H,4,10H2,1-3H3,(H2,19,20,21);1H. The minimum absolute atomic E-state index is 0. The molecule has 0 saturated carbocycles. The van der Waals surface area contributed by atoms with E-state index >= 15 is 0 Å². The highest BCUT2D eigenvalue weighted by Gasteiger charge is 2.09. The van der Waals surface area contributed by atoms with Crippen molar-refractivity contribution in [3.05, 3.63) is 57.5 Å². The Morgan fingerprint density at radius 3 is 2.74 bits per heavy atom. The van der Waals surface area contributed by atoms with Crippen molar-refractivity contribution < 1.29 is 4.39 Å². The van der Waals surface area contributed by atoms with E-state index in [-0.39, 0.29) is 35.8 Å². The average molecular weight is 447 g/mol. The molecular weight excluding hydrogens is 424 g/mol. The highest BCUT2D eigenvalue weighted by atomic mass is 127. The van der Waals surface area contributed by atoms with Crippen molar-refractivity contribution in [1.82, 2.24) is 10.6 Å². The number of benzene rings is 1. The summed E-state index contributed by atoms with van der Waals surface area (Å²) in [5.74, 6) is 0.563. The lowest BCUT2D eigenvalue weighted by atomic mass is 10.1. The molecule has 0 aliphatic carbocycles. The zero-order valence-electron chi connectivity index (χ0n) is 13.6. The topological polar surface area (TPSA) is 36.4 Å². The van der Waals surface area contributed by atoms with Gasteiger partial charge in [0.15, 0.2) is 5.96 Å². The summed E-state index contributed by atoms with van der Waals surface area (Å²) in [6.45, 7) is 7.21. The largest absolute Gasteiger partial charge is 0.357 e. The van der Waals surface area contributed by atoms with Gasteiger partial charge in [0.2, 0.25) is 0 Å². The molecule has 0 amide bonds. The van der Waals surface area contributed by atoms with Crippen LogP contribution in [0.15, 0.2) is 40.0 Å². The Hall–Kier alpha value is -1.15. The number of nitrogens with zero attached hydrogens (tertiary/aromatic N) is 1. The van der Waals surface area contributed by atoms with Crippen LogP contribution >= 0.6 is 35.3 Å². The second-order valence-electron chi connectivity index (χ2n) is 5.20. The Morgan fingerprint density at radius 1 is 1.35 bits per heavy atom. The van der Waals surface area contributed by atoms with E-state index in [9.17, 15) is 4.39 Å². The average Bonchev–Trinajstić information content (AvgIpc) is 3.01. The lowest BCUT2D eigenvalue weighted by Crippen LogP contribution is -2.38. The van der Waals surface area contributed by atoms with Crippen molar-refractivity contribution in [2.45, 2.75) is 33.4 Å². The summed E-state index contributed by atoms with van der Waals surface area (Å²) in [5.41, 5.74) is 2.76. The molecule has 0 spiro atoms. The van der Waals surface area contributed by atoms with Gasteiger partial charge in [-0.3, -0.25) is 0 Å². The predicted octanol–water partition coefficient (Wildman–Crippen LogP) is 4.63. The Bertz CT molecular complexity index is 629. The summed E-state index contributed by atoms with van der Waals surface area (Å²) in [4.78, 5) is 4.57. The van der Waals surface area contributed by atoms with Crippen molar-refractivity contribution in [1.29, 1.82) is 0 Å². The molecule has 1 aromatic heterocycles. The van der Waals surface area contributed by atoms with Crippen LogP contribution in [-0.2, 0) is 6.54 Å². The van der Waals surface area contributed by atoms with Crippen LogP contribution in [0.3, 0.4) is 0 Å². The first kappa shape index (κ1) is 19.9. The second kappa shape index (κ2) is 9.87. The minimum atomic E-state index is -0.175. The van der Waals surface area contributed by atoms with Crippen LogP contribution in [0.25, 0.3) is 0 Å². The molecule has 23 heavy (non-hydrogen) atoms. The fourth-order valence-electron chi connectivity index (χ4n) is 2.04. The van der Waals surface area contributed by atoms with Crippen LogP contribution in [0.5, 0.6) is 0 Å². The molecule has 1 heterocycles. The molecule has 0 fully saturated rings. The number of halogens is 2. The van der Waals surface area contributed by atoms with E-state index in [0.717, 1.165) is 18.1 Å². The van der Waals surface area contributed by atoms with Gasteiger partial charge in [-0.2, -0.15) is 11.3 Å². The quantitative estimate of drug-likeness (QED) is 0.399. The first-order valence-corrected chi connectivity index (χ1v) is 8.36. The fourth-order valence-corrected chi connectivity index (χ4v) is 2.70. The number of hydrogen-bond donors (Lipinski definition) is 2. The van der Waals surface area contributed by atoms with Gasteiger partial charge in [-0.15, -0.1) is 24.0 Å². The van der Waals surface area contributed by atoms with Gasteiger partial charge in [0, 0.05) is 6.54 Å². The number of nitrogens with one attached hydrogen (secondary N) is 2. The summed E-state index contributed by atoms with van der Waals surface area (Å²) in [7, 11) is 0. The number of aryl methyl sites for hydroxylation is 1. The van der Waals surface area contributed by atoms with Gasteiger partial charge in [0.05, 0.1) is 12.6 Å². The first-order valence-electron chi connectivity index (χ1n) is 7.42. The molecule has 0 radical (unpaired) electrons. The normalized spacial score (nSPS) is 12.4. The number of aliphatic imine (C=N–C) groups is 1. The zero-order chi connectivity index (χ0) is 15.9. The molecule has 2 N–H and O–H groups in total. The van der Waals surface area contributed by atoms with Gasteiger partial charge < -0.3 is 10.6 Å². The summed E-state index contributed by atoms with van der Waals surface area (Å²) < 4.78 is 13.7. The van der Waals surface area contributed by atoms with Crippen LogP contribution < -0.4 is 10.6 Å². The number of thiophene rings is 1. The highest BCUT2D eigenvalue weighted by Crippen LogP contribution is 2.16. The molecule has 0 bridgehead atoms. The first-order chi connectivity index (χ1) is 10.6. The molecule has 1 aromatic carbocycles. The SMILES string of the molecule is CCNC(=NCc1ccsc1)NC(C)c1ccc(C)c(F)c1.I. The van der Waals surface area contributed by atoms with Gasteiger partial charge in [-0.1, -0.05) is 12.1 Å². The fraction of sp³-hybridized carbons (Fsp3) is 0.353. The van der Waals surface area contributed by atoms with Crippen molar-refractivity contribution in [2.75, 3.05) is 6.54 Å². The van der Waals surface area contributed by atoms with Gasteiger partial charge in [0.1, 0.15) is 5.82 Å². The number of hydrogen-bond acceptors (Lipinski definition) is 2. The maximum atomic E-state index is 13.7. The lowest BCUT2D eigenvalue weighted by Gasteiger charge is -2.18. The number of rotatable bonds is 5. The Morgan fingerprint density at radius 2 is 2.13 bits per heavy atom. The van der Waals surface area contributed by atoms with E-state index in [1.165, 1.54) is 5.56 Å². The van der Waals surface area contributed by atoms with Crippen molar-refractivity contribution in [3.63, 3.8) is 0 Å². The van der Waals surface area contributed by atoms with Crippen LogP contribution in [0.1, 0.15) is 36.6 Å². The van der Waals surface area contributed by atoms with Crippen LogP contribution in [-0.4, -0.2) is 12.5 Å². The summed E-state index contributed by atoms with van der Waals surface area (Å²) >= 11 is 1.67. The Balaban J connectivity index is 0.00000264. The van der Waals surface area contributed by atoms with E-state index in [4.69, 9.17) is 0 Å². The van der Waals surface area contributed by atoms with Crippen LogP contribution in [0.4, 0.5) is 4.39 Å². The molecule has 2 rings (SSSR count). The molecular formula is C17H23FIN3S. The van der Waals surface area contributed by atoms with Gasteiger partial charge in [0.25, 0.3) is 0 Å². The van der Waals surface area contributed by atoms with Crippen LogP contribution in [0.2, 0.25) is 0 Å². The smallest absolute Gasteiger partial charge is 0.192 e. The molecule has 2 aromatic rings. The lowest BCUT2D eigenvalue weighted by molar-refractivity contribution is 0.607. The van der Waals surface area contributed by atoms with Gasteiger partial charge in [-0.05, 0) is 60.4 Å². The molecule has 0 aliphatic rings. The molecule has 1 atom stereocenters. The summed E-state index contributed by atoms with van der Waals surface area (Å²) in [5, 5.41) is 10.7. The zero-order valence-corrected chi connectivity index (χ0v) is 16.7. The highest BCUT2D eigenvalue weighted by molar-refractivity contribution is 14.0. The third-order valence-electron chi connectivity index (χ3n) is 3.39. The Labute approximate surface area is 158 Å². The third kappa shape index (κ3) is 6.10. The van der Waals surface area contributed by atoms with E-state index in [2.05, 4.69) is 27.1 Å². The van der Waals surface area contributed by atoms with Crippen LogP contribution in [0, 0.1) is 12.7 Å². The molecule has 3 nitrogen and oxygen atoms in total. The van der Waals surface area contributed by atoms with E-state index in [1.807, 2.05) is 25.3 Å². The van der Waals surface area contributed by atoms with E-state index in [0.29, 0.717) is 12.1 Å². The molecule has 0 aliphatic heterocycles. The molecule has 6 heteroatoms. The predicted molar refractivity (Wildman–Crippen MR) is 107 cm³/mol. The van der Waals surface area contributed by atoms with Gasteiger partial charge >= 0.3 is 0 Å². The molecule has 1 unspecified atom stereocenters. The number of guanidine groups is 1. The summed E-state index contributed by atoms with van der Waals surface area (Å²) in [6, 6.07) is 7.37. The summed E-state index contributed by atoms with van der Waals surface area (Å²) in [6.07, 6.45) is 0. The van der Waals surface area contributed by atoms with Crippen molar-refractivity contribution >= 4 is 41.3 Å². The van der Waals surface area contributed by atoms with Crippen molar-refractivity contribution in [3.8, 4) is 0 Å².